The lowest BCUT2D eigenvalue weighted by Crippen LogP contribution is -2.60. The predicted octanol–water partition coefficient (Wildman–Crippen LogP) is 12.0. The van der Waals surface area contributed by atoms with Gasteiger partial charge in [-0.05, 0) is 38.5 Å². The van der Waals surface area contributed by atoms with Gasteiger partial charge in [-0.25, -0.2) is 0 Å². The molecule has 4 N–H and O–H groups in total. The molecule has 1 fully saturated rings. The van der Waals surface area contributed by atoms with Gasteiger partial charge >= 0.3 is 11.9 Å². The van der Waals surface area contributed by atoms with Gasteiger partial charge in [0.05, 0.1) is 6.61 Å². The molecule has 1 heterocycles. The molecule has 0 aliphatic carbocycles. The molecule has 1 rings (SSSR count). The van der Waals surface area contributed by atoms with E-state index in [9.17, 15) is 37.9 Å². The largest absolute Gasteiger partial charge is 0.462 e. The third-order valence-electron chi connectivity index (χ3n) is 12.3. The van der Waals surface area contributed by atoms with Crippen molar-refractivity contribution in [3.63, 3.8) is 0 Å². The highest BCUT2D eigenvalue weighted by Crippen LogP contribution is 2.24. The van der Waals surface area contributed by atoms with Crippen LogP contribution in [0.4, 0.5) is 0 Å². The molecule has 0 bridgehead atoms. The van der Waals surface area contributed by atoms with E-state index in [1.165, 1.54) is 141 Å². The number of hydrogen-bond acceptors (Lipinski definition) is 11. The van der Waals surface area contributed by atoms with E-state index >= 15 is 0 Å². The highest BCUT2D eigenvalue weighted by atomic mass is 32.2. The highest BCUT2D eigenvalue weighted by Gasteiger charge is 2.46. The summed E-state index contributed by atoms with van der Waals surface area (Å²) in [5.74, 6) is -1.99. The molecule has 0 aromatic rings. The summed E-state index contributed by atoms with van der Waals surface area (Å²) in [4.78, 5) is 25.5. The Labute approximate surface area is 396 Å². The van der Waals surface area contributed by atoms with E-state index in [0.29, 0.717) is 12.8 Å². The first-order chi connectivity index (χ1) is 31.5. The van der Waals surface area contributed by atoms with Crippen molar-refractivity contribution in [2.24, 2.45) is 0 Å². The number of carbonyl (C=O) groups excluding carboxylic acids is 2. The molecule has 0 aromatic carbocycles. The van der Waals surface area contributed by atoms with Gasteiger partial charge in [-0.2, -0.15) is 8.42 Å². The molecule has 1 saturated heterocycles. The summed E-state index contributed by atoms with van der Waals surface area (Å²) >= 11 is 0. The highest BCUT2D eigenvalue weighted by molar-refractivity contribution is 7.85. The Morgan fingerprint density at radius 1 is 0.523 bits per heavy atom. The summed E-state index contributed by atoms with van der Waals surface area (Å²) in [6.07, 6.45) is 39.3. The summed E-state index contributed by atoms with van der Waals surface area (Å²) in [6, 6.07) is 0. The van der Waals surface area contributed by atoms with Crippen LogP contribution in [0.5, 0.6) is 0 Å². The minimum atomic E-state index is -4.60. The first kappa shape index (κ1) is 61.1. The van der Waals surface area contributed by atoms with Crippen molar-refractivity contribution in [1.82, 2.24) is 0 Å². The number of ether oxygens (including phenoxy) is 4. The van der Waals surface area contributed by atoms with Gasteiger partial charge in [0.2, 0.25) is 0 Å². The average Bonchev–Trinajstić information content (AvgIpc) is 3.27. The SMILES string of the molecule is CCCCCC/C=C/C=C/CCCCCCCC(=O)OC[C@H](CO[C@H]1O[C@H](CS(=O)(=O)O)[C@@H](O)C(O)C1O)OC(=O)CCCCCCCCCCCCCCCCCCCCCCCC. The van der Waals surface area contributed by atoms with Crippen LogP contribution in [0.15, 0.2) is 24.3 Å². The topological polar surface area (TPSA) is 186 Å². The van der Waals surface area contributed by atoms with E-state index < -0.39 is 71.2 Å². The second-order valence-electron chi connectivity index (χ2n) is 18.6. The summed E-state index contributed by atoms with van der Waals surface area (Å²) in [5, 5.41) is 31.0. The Morgan fingerprint density at radius 3 is 1.34 bits per heavy atom. The average molecular weight is 945 g/mol. The lowest BCUT2D eigenvalue weighted by Gasteiger charge is -2.40. The second kappa shape index (κ2) is 42.2. The summed E-state index contributed by atoms with van der Waals surface area (Å²) in [7, 11) is -4.60. The molecule has 1 aliphatic rings. The fourth-order valence-corrected chi connectivity index (χ4v) is 8.89. The number of aliphatic hydroxyl groups excluding tert-OH is 3. The van der Waals surface area contributed by atoms with Gasteiger partial charge in [0, 0.05) is 12.8 Å². The van der Waals surface area contributed by atoms with Crippen molar-refractivity contribution < 1.29 is 56.8 Å². The fourth-order valence-electron chi connectivity index (χ4n) is 8.20. The molecule has 13 heteroatoms. The van der Waals surface area contributed by atoms with E-state index in [2.05, 4.69) is 38.2 Å². The summed E-state index contributed by atoms with van der Waals surface area (Å²) in [6.45, 7) is 3.77. The minimum absolute atomic E-state index is 0.166. The van der Waals surface area contributed by atoms with E-state index in [4.69, 9.17) is 18.9 Å². The normalized spacial score (nSPS) is 19.6. The van der Waals surface area contributed by atoms with Crippen molar-refractivity contribution in [2.75, 3.05) is 19.0 Å². The number of carbonyl (C=O) groups is 2. The van der Waals surface area contributed by atoms with Gasteiger partial charge in [0.1, 0.15) is 36.8 Å². The fraction of sp³-hybridized carbons (Fsp3) is 0.885. The van der Waals surface area contributed by atoms with Crippen LogP contribution in [-0.4, -0.2) is 96.0 Å². The van der Waals surface area contributed by atoms with Crippen molar-refractivity contribution in [1.29, 1.82) is 0 Å². The van der Waals surface area contributed by atoms with Gasteiger partial charge in [-0.3, -0.25) is 14.1 Å². The number of esters is 2. The first-order valence-electron chi connectivity index (χ1n) is 26.4. The predicted molar refractivity (Wildman–Crippen MR) is 261 cm³/mol. The smallest absolute Gasteiger partial charge is 0.306 e. The zero-order valence-electron chi connectivity index (χ0n) is 41.1. The van der Waals surface area contributed by atoms with E-state index in [-0.39, 0.29) is 19.4 Å². The van der Waals surface area contributed by atoms with Crippen LogP contribution in [0.2, 0.25) is 0 Å². The number of rotatable bonds is 45. The third kappa shape index (κ3) is 36.8. The van der Waals surface area contributed by atoms with Crippen molar-refractivity contribution in [3.8, 4) is 0 Å². The molecule has 382 valence electrons. The van der Waals surface area contributed by atoms with Crippen LogP contribution in [0.25, 0.3) is 0 Å². The number of aliphatic hydroxyl groups is 3. The Balaban J connectivity index is 2.34. The lowest BCUT2D eigenvalue weighted by molar-refractivity contribution is -0.297. The number of unbranched alkanes of at least 4 members (excludes halogenated alkanes) is 30. The standard InChI is InChI=1S/C52H96O12S/c1-3-5-7-9-11-13-15-17-19-20-21-22-23-24-25-27-29-31-33-35-37-39-41-48(54)63-45(43-62-52-51(57)50(56)49(55)46(64-52)44-65(58,59)60)42-61-47(53)40-38-36-34-32-30-28-26-18-16-14-12-10-8-6-4-2/h14,16,18,26,45-46,49-52,55-57H,3-13,15,17,19-25,27-44H2,1-2H3,(H,58,59,60)/b16-14+,26-18+/t45-,46-,49-,50?,51?,52+/m1/s1. The quantitative estimate of drug-likeness (QED) is 0.0196. The molecule has 2 unspecified atom stereocenters. The van der Waals surface area contributed by atoms with Crippen molar-refractivity contribution in [2.45, 2.75) is 275 Å². The number of hydrogen-bond donors (Lipinski definition) is 4. The maximum atomic E-state index is 12.9. The zero-order valence-corrected chi connectivity index (χ0v) is 41.9. The second-order valence-corrected chi connectivity index (χ2v) is 20.1. The molecule has 0 radical (unpaired) electrons. The molecule has 1 aliphatic heterocycles. The number of allylic oxidation sites excluding steroid dienone is 4. The molecular weight excluding hydrogens is 849 g/mol. The van der Waals surface area contributed by atoms with E-state index in [0.717, 1.165) is 57.8 Å². The molecule has 0 aromatic heterocycles. The molecule has 0 saturated carbocycles. The van der Waals surface area contributed by atoms with E-state index in [1.54, 1.807) is 0 Å². The maximum Gasteiger partial charge on any atom is 0.306 e. The van der Waals surface area contributed by atoms with Crippen LogP contribution in [0, 0.1) is 0 Å². The third-order valence-corrected chi connectivity index (χ3v) is 13.1. The van der Waals surface area contributed by atoms with Crippen molar-refractivity contribution >= 4 is 22.1 Å². The lowest BCUT2D eigenvalue weighted by atomic mass is 10.00. The summed E-state index contributed by atoms with van der Waals surface area (Å²) < 4.78 is 54.2. The first-order valence-corrected chi connectivity index (χ1v) is 28.0. The molecule has 0 amide bonds. The Hall–Kier alpha value is -1.87. The Bertz CT molecular complexity index is 1290. The van der Waals surface area contributed by atoms with Gasteiger partial charge in [0.15, 0.2) is 12.4 Å². The zero-order chi connectivity index (χ0) is 47.6. The van der Waals surface area contributed by atoms with Gasteiger partial charge in [-0.1, -0.05) is 212 Å². The van der Waals surface area contributed by atoms with Crippen LogP contribution >= 0.6 is 0 Å². The van der Waals surface area contributed by atoms with Gasteiger partial charge < -0.3 is 34.3 Å². The van der Waals surface area contributed by atoms with Crippen LogP contribution < -0.4 is 0 Å². The van der Waals surface area contributed by atoms with E-state index in [1.807, 2.05) is 0 Å². The van der Waals surface area contributed by atoms with Crippen LogP contribution in [-0.2, 0) is 38.7 Å². The Morgan fingerprint density at radius 2 is 0.908 bits per heavy atom. The van der Waals surface area contributed by atoms with Crippen LogP contribution in [0.1, 0.15) is 239 Å². The Kier molecular flexibility index (Phi) is 39.7. The monoisotopic (exact) mass is 945 g/mol. The molecule has 65 heavy (non-hydrogen) atoms. The molecular formula is C52H96O12S. The minimum Gasteiger partial charge on any atom is -0.462 e. The van der Waals surface area contributed by atoms with Crippen LogP contribution in [0.3, 0.4) is 0 Å². The molecule has 6 atom stereocenters. The molecule has 12 nitrogen and oxygen atoms in total. The molecule has 0 spiro atoms. The summed E-state index contributed by atoms with van der Waals surface area (Å²) in [5.41, 5.74) is 0. The van der Waals surface area contributed by atoms with Gasteiger partial charge in [0.25, 0.3) is 10.1 Å². The van der Waals surface area contributed by atoms with Crippen molar-refractivity contribution in [3.05, 3.63) is 24.3 Å². The maximum absolute atomic E-state index is 12.9. The van der Waals surface area contributed by atoms with Gasteiger partial charge in [-0.15, -0.1) is 0 Å².